The van der Waals surface area contributed by atoms with Gasteiger partial charge in [0.05, 0.1) is 10.6 Å². The summed E-state index contributed by atoms with van der Waals surface area (Å²) < 4.78 is 28.0. The average Bonchev–Trinajstić information content (AvgIpc) is 3.25. The maximum Gasteiger partial charge on any atom is 0.243 e. The number of aromatic nitrogens is 2. The number of hydrogen-bond acceptors (Lipinski definition) is 6. The largest absolute Gasteiger partial charge is 0.373 e. The van der Waals surface area contributed by atoms with Crippen molar-refractivity contribution in [1.82, 2.24) is 19.2 Å². The number of amides is 1. The zero-order valence-electron chi connectivity index (χ0n) is 18.5. The number of rotatable bonds is 4. The Kier molecular flexibility index (Phi) is 5.74. The van der Waals surface area contributed by atoms with Gasteiger partial charge in [-0.05, 0) is 43.5 Å². The van der Waals surface area contributed by atoms with Crippen LogP contribution in [0.2, 0.25) is 0 Å². The van der Waals surface area contributed by atoms with Crippen LogP contribution >= 0.6 is 0 Å². The van der Waals surface area contributed by atoms with Gasteiger partial charge in [-0.3, -0.25) is 4.79 Å². The second-order valence-corrected chi connectivity index (χ2v) is 10.3. The summed E-state index contributed by atoms with van der Waals surface area (Å²) >= 11 is 0. The van der Waals surface area contributed by atoms with Gasteiger partial charge in [0, 0.05) is 58.1 Å². The predicted octanol–water partition coefficient (Wildman–Crippen LogP) is 2.22. The first kappa shape index (κ1) is 21.7. The predicted molar refractivity (Wildman–Crippen MR) is 118 cm³/mol. The quantitative estimate of drug-likeness (QED) is 0.779. The van der Waals surface area contributed by atoms with E-state index in [0.29, 0.717) is 30.2 Å². The minimum atomic E-state index is -3.61. The molecule has 2 aliphatic rings. The van der Waals surface area contributed by atoms with Gasteiger partial charge < -0.3 is 10.2 Å². The molecule has 0 saturated carbocycles. The monoisotopic (exact) mass is 443 g/mol. The lowest BCUT2D eigenvalue weighted by Gasteiger charge is -2.29. The molecule has 0 aliphatic carbocycles. The molecule has 2 aromatic rings. The number of sulfonamides is 1. The topological polar surface area (TPSA) is 95.5 Å². The van der Waals surface area contributed by atoms with Crippen molar-refractivity contribution in [3.05, 3.63) is 46.4 Å². The van der Waals surface area contributed by atoms with Crippen LogP contribution in [0.5, 0.6) is 0 Å². The summed E-state index contributed by atoms with van der Waals surface area (Å²) in [5.74, 6) is 1.58. The van der Waals surface area contributed by atoms with Gasteiger partial charge in [-0.2, -0.15) is 4.31 Å². The Bertz CT molecular complexity index is 1110. The molecule has 3 heterocycles. The maximum absolute atomic E-state index is 13.3. The molecule has 0 spiro atoms. The van der Waals surface area contributed by atoms with Crippen LogP contribution in [0.15, 0.2) is 23.1 Å². The lowest BCUT2D eigenvalue weighted by molar-refractivity contribution is -0.127. The Labute approximate surface area is 183 Å². The molecular weight excluding hydrogens is 414 g/mol. The molecule has 1 aromatic heterocycles. The summed E-state index contributed by atoms with van der Waals surface area (Å²) in [6.45, 7) is 7.44. The van der Waals surface area contributed by atoms with Crippen molar-refractivity contribution in [3.63, 3.8) is 0 Å². The zero-order valence-corrected chi connectivity index (χ0v) is 19.3. The summed E-state index contributed by atoms with van der Waals surface area (Å²) in [7, 11) is -1.81. The molecule has 1 atom stereocenters. The molecule has 1 amide bonds. The Morgan fingerprint density at radius 1 is 1.16 bits per heavy atom. The minimum absolute atomic E-state index is 0.0708. The number of carbonyl (C=O) groups is 1. The second-order valence-electron chi connectivity index (χ2n) is 8.39. The molecular formula is C22H29N5O3S. The summed E-state index contributed by atoms with van der Waals surface area (Å²) in [6.07, 6.45) is 1.38. The molecule has 1 aromatic carbocycles. The number of nitrogens with one attached hydrogen (secondary N) is 1. The van der Waals surface area contributed by atoms with E-state index < -0.39 is 10.0 Å². The average molecular weight is 444 g/mol. The number of fused-ring (bicyclic) bond motifs is 1. The van der Waals surface area contributed by atoms with Crippen LogP contribution in [0.25, 0.3) is 0 Å². The standard InChI is InChI=1S/C22H29N5O3S/c1-14-5-6-18(11-15(14)2)31(29,30)27-10-8-20-19(13-27)22(23-4)25-21(24-20)17-7-9-26(12-17)16(3)28/h5-6,11,17H,7-10,12-13H2,1-4H3,(H,23,24,25). The van der Waals surface area contributed by atoms with Crippen molar-refractivity contribution >= 4 is 21.7 Å². The number of nitrogens with zero attached hydrogens (tertiary/aromatic N) is 4. The highest BCUT2D eigenvalue weighted by molar-refractivity contribution is 7.89. The van der Waals surface area contributed by atoms with Crippen molar-refractivity contribution in [2.75, 3.05) is 32.0 Å². The van der Waals surface area contributed by atoms with Gasteiger partial charge >= 0.3 is 0 Å². The van der Waals surface area contributed by atoms with Gasteiger partial charge in [0.1, 0.15) is 11.6 Å². The zero-order chi connectivity index (χ0) is 22.3. The second kappa shape index (κ2) is 8.20. The van der Waals surface area contributed by atoms with E-state index in [9.17, 15) is 13.2 Å². The van der Waals surface area contributed by atoms with Gasteiger partial charge in [0.15, 0.2) is 0 Å². The first-order valence-electron chi connectivity index (χ1n) is 10.6. The van der Waals surface area contributed by atoms with E-state index >= 15 is 0 Å². The van der Waals surface area contributed by atoms with Gasteiger partial charge in [-0.15, -0.1) is 0 Å². The molecule has 9 heteroatoms. The van der Waals surface area contributed by atoms with E-state index in [1.807, 2.05) is 24.8 Å². The molecule has 1 unspecified atom stereocenters. The first-order chi connectivity index (χ1) is 14.7. The fourth-order valence-electron chi connectivity index (χ4n) is 4.28. The van der Waals surface area contributed by atoms with E-state index in [4.69, 9.17) is 9.97 Å². The Hall–Kier alpha value is -2.52. The van der Waals surface area contributed by atoms with Crippen molar-refractivity contribution in [1.29, 1.82) is 0 Å². The van der Waals surface area contributed by atoms with E-state index in [0.717, 1.165) is 41.2 Å². The normalized spacial score (nSPS) is 19.4. The molecule has 2 aliphatic heterocycles. The molecule has 1 saturated heterocycles. The minimum Gasteiger partial charge on any atom is -0.373 e. The molecule has 1 N–H and O–H groups in total. The molecule has 0 bridgehead atoms. The van der Waals surface area contributed by atoms with E-state index in [1.54, 1.807) is 26.1 Å². The Balaban J connectivity index is 1.62. The fraction of sp³-hybridized carbons (Fsp3) is 0.500. The van der Waals surface area contributed by atoms with Gasteiger partial charge in [-0.25, -0.2) is 18.4 Å². The smallest absolute Gasteiger partial charge is 0.243 e. The highest BCUT2D eigenvalue weighted by Crippen LogP contribution is 2.32. The van der Waals surface area contributed by atoms with E-state index in [-0.39, 0.29) is 18.4 Å². The third-order valence-corrected chi connectivity index (χ3v) is 8.24. The van der Waals surface area contributed by atoms with Crippen LogP contribution in [-0.4, -0.2) is 60.2 Å². The van der Waals surface area contributed by atoms with Crippen molar-refractivity contribution < 1.29 is 13.2 Å². The highest BCUT2D eigenvalue weighted by Gasteiger charge is 2.33. The molecule has 166 valence electrons. The van der Waals surface area contributed by atoms with Crippen molar-refractivity contribution in [3.8, 4) is 0 Å². The summed E-state index contributed by atoms with van der Waals surface area (Å²) in [5, 5.41) is 3.13. The van der Waals surface area contributed by atoms with Crippen LogP contribution in [-0.2, 0) is 27.8 Å². The lowest BCUT2D eigenvalue weighted by atomic mass is 10.0. The molecule has 8 nitrogen and oxygen atoms in total. The van der Waals surface area contributed by atoms with Crippen LogP contribution in [0, 0.1) is 13.8 Å². The van der Waals surface area contributed by atoms with Crippen LogP contribution < -0.4 is 5.32 Å². The Morgan fingerprint density at radius 2 is 1.94 bits per heavy atom. The van der Waals surface area contributed by atoms with E-state index in [1.165, 1.54) is 4.31 Å². The van der Waals surface area contributed by atoms with Gasteiger partial charge in [0.25, 0.3) is 0 Å². The molecule has 0 radical (unpaired) electrons. The lowest BCUT2D eigenvalue weighted by Crippen LogP contribution is -2.37. The number of hydrogen-bond donors (Lipinski definition) is 1. The molecule has 31 heavy (non-hydrogen) atoms. The summed E-state index contributed by atoms with van der Waals surface area (Å²) in [6, 6.07) is 5.26. The van der Waals surface area contributed by atoms with Crippen LogP contribution in [0.3, 0.4) is 0 Å². The Morgan fingerprint density at radius 3 is 2.58 bits per heavy atom. The van der Waals surface area contributed by atoms with Gasteiger partial charge in [-0.1, -0.05) is 6.07 Å². The maximum atomic E-state index is 13.3. The SMILES string of the molecule is CNc1nc(C2CCN(C(C)=O)C2)nc2c1CN(S(=O)(=O)c1ccc(C)c(C)c1)CC2. The third-order valence-electron chi connectivity index (χ3n) is 6.39. The van der Waals surface area contributed by atoms with Crippen LogP contribution in [0.1, 0.15) is 47.5 Å². The summed E-state index contributed by atoms with van der Waals surface area (Å²) in [5.41, 5.74) is 3.74. The number of carbonyl (C=O) groups excluding carboxylic acids is 1. The van der Waals surface area contributed by atoms with Crippen molar-refractivity contribution in [2.24, 2.45) is 0 Å². The molecule has 4 rings (SSSR count). The molecule has 1 fully saturated rings. The third kappa shape index (κ3) is 4.04. The highest BCUT2D eigenvalue weighted by atomic mass is 32.2. The van der Waals surface area contributed by atoms with Crippen LogP contribution in [0.4, 0.5) is 5.82 Å². The number of anilines is 1. The fourth-order valence-corrected chi connectivity index (χ4v) is 5.78. The summed E-state index contributed by atoms with van der Waals surface area (Å²) in [4.78, 5) is 23.3. The number of benzene rings is 1. The van der Waals surface area contributed by atoms with Crippen molar-refractivity contribution in [2.45, 2.75) is 51.0 Å². The van der Waals surface area contributed by atoms with Gasteiger partial charge in [0.2, 0.25) is 15.9 Å². The van der Waals surface area contributed by atoms with E-state index in [2.05, 4.69) is 5.32 Å². The number of aryl methyl sites for hydroxylation is 2. The first-order valence-corrected chi connectivity index (χ1v) is 12.0. The number of likely N-dealkylation sites (tertiary alicyclic amines) is 1.